The number of pyridine rings is 1. The zero-order valence-electron chi connectivity index (χ0n) is 20.6. The quantitative estimate of drug-likeness (QED) is 0.472. The smallest absolute Gasteiger partial charge is 0.266 e. The van der Waals surface area contributed by atoms with Crippen LogP contribution in [-0.2, 0) is 5.54 Å². The van der Waals surface area contributed by atoms with Crippen molar-refractivity contribution in [1.29, 1.82) is 0 Å². The number of alkyl halides is 5. The molecule has 206 valence electrons. The number of hydrogen-bond donors (Lipinski definition) is 2. The Bertz CT molecular complexity index is 1290. The minimum Gasteiger partial charge on any atom is -0.377 e. The second kappa shape index (κ2) is 9.62. The van der Waals surface area contributed by atoms with Gasteiger partial charge >= 0.3 is 0 Å². The average Bonchev–Trinajstić information content (AvgIpc) is 3.67. The maximum atomic E-state index is 15.6. The number of carbonyl (C=O) groups excluding carboxylic acids is 1. The zero-order chi connectivity index (χ0) is 27.4. The van der Waals surface area contributed by atoms with Crippen molar-refractivity contribution in [2.75, 3.05) is 25.0 Å². The van der Waals surface area contributed by atoms with Crippen LogP contribution >= 0.6 is 0 Å². The summed E-state index contributed by atoms with van der Waals surface area (Å²) in [6, 6.07) is 2.63. The van der Waals surface area contributed by atoms with E-state index in [1.807, 2.05) is 0 Å². The molecule has 2 N–H and O–H groups in total. The fourth-order valence-corrected chi connectivity index (χ4v) is 5.54. The van der Waals surface area contributed by atoms with Gasteiger partial charge in [-0.25, -0.2) is 26.3 Å². The summed E-state index contributed by atoms with van der Waals surface area (Å²) < 4.78 is 85.2. The lowest BCUT2D eigenvalue weighted by Gasteiger charge is -2.49. The molecule has 0 radical (unpaired) electrons. The number of aromatic nitrogens is 1. The molecule has 38 heavy (non-hydrogen) atoms. The Morgan fingerprint density at radius 2 is 1.74 bits per heavy atom. The van der Waals surface area contributed by atoms with Gasteiger partial charge in [0, 0.05) is 37.5 Å². The van der Waals surface area contributed by atoms with Crippen molar-refractivity contribution in [3.8, 4) is 0 Å². The molecule has 4 aliphatic rings. The van der Waals surface area contributed by atoms with Gasteiger partial charge in [0.15, 0.2) is 0 Å². The van der Waals surface area contributed by atoms with Gasteiger partial charge in [-0.3, -0.25) is 9.59 Å². The number of piperidine rings is 3. The predicted molar refractivity (Wildman–Crippen MR) is 128 cm³/mol. The third-order valence-electron chi connectivity index (χ3n) is 8.14. The minimum absolute atomic E-state index is 0.0291. The molecule has 1 aliphatic carbocycles. The van der Waals surface area contributed by atoms with Crippen molar-refractivity contribution in [2.45, 2.75) is 68.7 Å². The van der Waals surface area contributed by atoms with Crippen LogP contribution in [0, 0.1) is 5.82 Å². The Labute approximate surface area is 215 Å². The summed E-state index contributed by atoms with van der Waals surface area (Å²) in [6.07, 6.45) is -4.24. The molecule has 0 spiro atoms. The number of halogens is 6. The summed E-state index contributed by atoms with van der Waals surface area (Å²) in [7, 11) is 0. The van der Waals surface area contributed by atoms with Gasteiger partial charge in [0.05, 0.1) is 28.9 Å². The van der Waals surface area contributed by atoms with E-state index in [0.717, 1.165) is 22.9 Å². The number of fused-ring (bicyclic) bond motifs is 3. The predicted octanol–water partition coefficient (Wildman–Crippen LogP) is 4.77. The number of carbonyl (C=O) groups is 1. The van der Waals surface area contributed by atoms with Crippen LogP contribution < -0.4 is 16.2 Å². The van der Waals surface area contributed by atoms with Crippen molar-refractivity contribution in [3.63, 3.8) is 0 Å². The van der Waals surface area contributed by atoms with Crippen LogP contribution in [0.15, 0.2) is 35.3 Å². The van der Waals surface area contributed by atoms with Crippen LogP contribution in [0.25, 0.3) is 0 Å². The van der Waals surface area contributed by atoms with Crippen LogP contribution in [0.1, 0.15) is 66.6 Å². The van der Waals surface area contributed by atoms with Crippen LogP contribution in [0.2, 0.25) is 0 Å². The normalized spacial score (nSPS) is 26.4. The first-order valence-electron chi connectivity index (χ1n) is 12.6. The molecule has 2 bridgehead atoms. The van der Waals surface area contributed by atoms with E-state index in [-0.39, 0.29) is 42.5 Å². The zero-order valence-corrected chi connectivity index (χ0v) is 20.6. The number of benzene rings is 1. The molecule has 6 rings (SSSR count). The highest BCUT2D eigenvalue weighted by Gasteiger charge is 2.54. The SMILES string of the molecule is C[C@@H](NC(=O)c1cn(C2(C(F)F)CC2)c(=O)cc1N[C@H]1CN2CCC1(F)CC2)c1cccc(C(F)F)c1F. The third kappa shape index (κ3) is 4.56. The summed E-state index contributed by atoms with van der Waals surface area (Å²) in [5.74, 6) is -2.02. The highest BCUT2D eigenvalue weighted by Crippen LogP contribution is 2.48. The summed E-state index contributed by atoms with van der Waals surface area (Å²) in [5.41, 5.74) is -5.30. The summed E-state index contributed by atoms with van der Waals surface area (Å²) in [6.45, 7) is 2.90. The van der Waals surface area contributed by atoms with Gasteiger partial charge in [-0.1, -0.05) is 18.2 Å². The van der Waals surface area contributed by atoms with Crippen LogP contribution in [0.5, 0.6) is 0 Å². The van der Waals surface area contributed by atoms with Crippen molar-refractivity contribution in [1.82, 2.24) is 14.8 Å². The highest BCUT2D eigenvalue weighted by molar-refractivity contribution is 5.99. The van der Waals surface area contributed by atoms with Gasteiger partial charge in [0.25, 0.3) is 24.3 Å². The number of anilines is 1. The summed E-state index contributed by atoms with van der Waals surface area (Å²) >= 11 is 0. The van der Waals surface area contributed by atoms with E-state index >= 15 is 4.39 Å². The van der Waals surface area contributed by atoms with Gasteiger partial charge in [-0.2, -0.15) is 0 Å². The molecule has 1 aromatic carbocycles. The Hall–Kier alpha value is -3.02. The van der Waals surface area contributed by atoms with Crippen LogP contribution in [0.3, 0.4) is 0 Å². The molecular weight excluding hydrogens is 514 g/mol. The number of nitrogens with zero attached hydrogens (tertiary/aromatic N) is 2. The lowest BCUT2D eigenvalue weighted by Crippen LogP contribution is -2.62. The molecule has 1 amide bonds. The fourth-order valence-electron chi connectivity index (χ4n) is 5.54. The number of rotatable bonds is 8. The van der Waals surface area contributed by atoms with Crippen molar-refractivity contribution >= 4 is 11.6 Å². The molecule has 2 aromatic rings. The number of nitrogens with one attached hydrogen (secondary N) is 2. The molecule has 4 fully saturated rings. The van der Waals surface area contributed by atoms with Gasteiger partial charge in [-0.15, -0.1) is 0 Å². The second-order valence-corrected chi connectivity index (χ2v) is 10.5. The van der Waals surface area contributed by atoms with Crippen molar-refractivity contribution in [3.05, 3.63) is 63.3 Å². The highest BCUT2D eigenvalue weighted by atomic mass is 19.3. The van der Waals surface area contributed by atoms with E-state index in [1.54, 1.807) is 0 Å². The second-order valence-electron chi connectivity index (χ2n) is 10.5. The molecule has 12 heteroatoms. The molecule has 3 saturated heterocycles. The first-order chi connectivity index (χ1) is 17.9. The monoisotopic (exact) mass is 542 g/mol. The van der Waals surface area contributed by atoms with E-state index < -0.39 is 59.0 Å². The van der Waals surface area contributed by atoms with E-state index in [1.165, 1.54) is 19.1 Å². The first kappa shape index (κ1) is 26.6. The van der Waals surface area contributed by atoms with Crippen molar-refractivity contribution in [2.24, 2.45) is 0 Å². The molecule has 3 aliphatic heterocycles. The van der Waals surface area contributed by atoms with Crippen molar-refractivity contribution < 1.29 is 31.1 Å². The summed E-state index contributed by atoms with van der Waals surface area (Å²) in [5, 5.41) is 5.49. The maximum Gasteiger partial charge on any atom is 0.266 e. The first-order valence-corrected chi connectivity index (χ1v) is 12.6. The standard InChI is InChI=1S/C26H28F6N4O2/c1-14(15-3-2-4-16(21(15)27)22(28)29)33-23(38)17-12-36(26(5-6-26)24(30)31)20(37)11-18(17)34-19-13-35-9-7-25(19,32)8-10-35/h2-4,11-12,14,19,22,24,34H,5-10,13H2,1H3,(H,33,38)/t14-,19+/m1/s1. The minimum atomic E-state index is -3.06. The largest absolute Gasteiger partial charge is 0.377 e. The number of hydrogen-bond acceptors (Lipinski definition) is 4. The van der Waals surface area contributed by atoms with Gasteiger partial charge < -0.3 is 20.1 Å². The molecule has 6 nitrogen and oxygen atoms in total. The average molecular weight is 543 g/mol. The molecule has 1 aromatic heterocycles. The molecule has 2 atom stereocenters. The molecule has 0 unspecified atom stereocenters. The van der Waals surface area contributed by atoms with Gasteiger partial charge in [-0.05, 0) is 32.6 Å². The topological polar surface area (TPSA) is 66.4 Å². The van der Waals surface area contributed by atoms with Crippen LogP contribution in [-0.4, -0.2) is 53.1 Å². The Morgan fingerprint density at radius 3 is 2.32 bits per heavy atom. The lowest BCUT2D eigenvalue weighted by molar-refractivity contribution is -0.0176. The van der Waals surface area contributed by atoms with E-state index in [4.69, 9.17) is 0 Å². The molecule has 1 saturated carbocycles. The van der Waals surface area contributed by atoms with E-state index in [0.29, 0.717) is 19.6 Å². The maximum absolute atomic E-state index is 15.6. The van der Waals surface area contributed by atoms with Gasteiger partial charge in [0.1, 0.15) is 17.0 Å². The van der Waals surface area contributed by atoms with Crippen LogP contribution in [0.4, 0.5) is 32.0 Å². The third-order valence-corrected chi connectivity index (χ3v) is 8.14. The Kier molecular flexibility index (Phi) is 6.73. The number of amides is 1. The van der Waals surface area contributed by atoms with E-state index in [9.17, 15) is 31.5 Å². The fraction of sp³-hybridized carbons (Fsp3) is 0.538. The van der Waals surface area contributed by atoms with E-state index in [2.05, 4.69) is 15.5 Å². The molecular formula is C26H28F6N4O2. The Balaban J connectivity index is 1.49. The molecule has 4 heterocycles. The lowest BCUT2D eigenvalue weighted by atomic mass is 9.80. The summed E-state index contributed by atoms with van der Waals surface area (Å²) in [4.78, 5) is 28.4. The Morgan fingerprint density at radius 1 is 1.08 bits per heavy atom. The van der Waals surface area contributed by atoms with Gasteiger partial charge in [0.2, 0.25) is 0 Å².